The van der Waals surface area contributed by atoms with Crippen molar-refractivity contribution in [2.24, 2.45) is 0 Å². The fourth-order valence-electron chi connectivity index (χ4n) is 2.57. The van der Waals surface area contributed by atoms with Gasteiger partial charge in [0.2, 0.25) is 0 Å². The number of hydrogen-bond donors (Lipinski definition) is 1. The van der Waals surface area contributed by atoms with Crippen LogP contribution in [0.4, 0.5) is 0 Å². The monoisotopic (exact) mass is 290 g/mol. The Bertz CT molecular complexity index is 505. The van der Waals surface area contributed by atoms with Gasteiger partial charge in [-0.05, 0) is 32.9 Å². The Balaban J connectivity index is 2.04. The van der Waals surface area contributed by atoms with Gasteiger partial charge in [0.15, 0.2) is 0 Å². The highest BCUT2D eigenvalue weighted by molar-refractivity contribution is 6.21. The SMILES string of the molecule is CC(O)CN(CCN1C(=O)c2ccccc2C1=O)C(C)C. The maximum absolute atomic E-state index is 12.2. The number of imide groups is 1. The van der Waals surface area contributed by atoms with Crippen LogP contribution in [0.25, 0.3) is 0 Å². The van der Waals surface area contributed by atoms with Gasteiger partial charge in [-0.3, -0.25) is 19.4 Å². The molecule has 114 valence electrons. The summed E-state index contributed by atoms with van der Waals surface area (Å²) in [6, 6.07) is 7.15. The van der Waals surface area contributed by atoms with E-state index in [0.29, 0.717) is 30.8 Å². The molecule has 0 bridgehead atoms. The molecule has 5 nitrogen and oxygen atoms in total. The molecule has 0 spiro atoms. The second-order valence-corrected chi connectivity index (χ2v) is 5.75. The van der Waals surface area contributed by atoms with Crippen molar-refractivity contribution in [3.05, 3.63) is 35.4 Å². The van der Waals surface area contributed by atoms with Crippen LogP contribution < -0.4 is 0 Å². The summed E-state index contributed by atoms with van der Waals surface area (Å²) in [5.41, 5.74) is 0.961. The lowest BCUT2D eigenvalue weighted by Gasteiger charge is -2.29. The number of benzene rings is 1. The van der Waals surface area contributed by atoms with E-state index in [4.69, 9.17) is 0 Å². The van der Waals surface area contributed by atoms with Gasteiger partial charge in [-0.1, -0.05) is 12.1 Å². The molecule has 1 aliphatic rings. The Labute approximate surface area is 125 Å². The highest BCUT2D eigenvalue weighted by Gasteiger charge is 2.35. The summed E-state index contributed by atoms with van der Waals surface area (Å²) < 4.78 is 0. The summed E-state index contributed by atoms with van der Waals surface area (Å²) in [6.45, 7) is 7.24. The number of amides is 2. The minimum absolute atomic E-state index is 0.226. The van der Waals surface area contributed by atoms with E-state index in [1.807, 2.05) is 13.8 Å². The Hall–Kier alpha value is -1.72. The van der Waals surface area contributed by atoms with Gasteiger partial charge in [-0.25, -0.2) is 0 Å². The first-order valence-corrected chi connectivity index (χ1v) is 7.29. The zero-order valence-electron chi connectivity index (χ0n) is 12.7. The predicted octanol–water partition coefficient (Wildman–Crippen LogP) is 1.37. The average molecular weight is 290 g/mol. The van der Waals surface area contributed by atoms with Gasteiger partial charge in [0.05, 0.1) is 17.2 Å². The summed E-state index contributed by atoms with van der Waals surface area (Å²) in [5, 5.41) is 9.52. The van der Waals surface area contributed by atoms with Crippen molar-refractivity contribution in [1.82, 2.24) is 9.80 Å². The van der Waals surface area contributed by atoms with Crippen molar-refractivity contribution in [1.29, 1.82) is 0 Å². The smallest absolute Gasteiger partial charge is 0.261 e. The van der Waals surface area contributed by atoms with Crippen LogP contribution in [0.1, 0.15) is 41.5 Å². The molecule has 1 aromatic rings. The van der Waals surface area contributed by atoms with E-state index in [-0.39, 0.29) is 17.9 Å². The lowest BCUT2D eigenvalue weighted by atomic mass is 10.1. The molecule has 1 unspecified atom stereocenters. The third-order valence-corrected chi connectivity index (χ3v) is 3.72. The molecule has 0 radical (unpaired) electrons. The molecule has 0 fully saturated rings. The van der Waals surface area contributed by atoms with Crippen molar-refractivity contribution in [3.63, 3.8) is 0 Å². The number of aliphatic hydroxyl groups is 1. The average Bonchev–Trinajstić information content (AvgIpc) is 2.67. The minimum atomic E-state index is -0.436. The molecule has 1 N–H and O–H groups in total. The van der Waals surface area contributed by atoms with Crippen LogP contribution in [-0.2, 0) is 0 Å². The number of aliphatic hydroxyl groups excluding tert-OH is 1. The number of hydrogen-bond acceptors (Lipinski definition) is 4. The third kappa shape index (κ3) is 3.31. The van der Waals surface area contributed by atoms with Crippen LogP contribution in [0.15, 0.2) is 24.3 Å². The van der Waals surface area contributed by atoms with Gasteiger partial charge in [0.1, 0.15) is 0 Å². The number of rotatable bonds is 6. The van der Waals surface area contributed by atoms with Crippen LogP contribution in [0.5, 0.6) is 0 Å². The molecule has 0 aliphatic carbocycles. The molecule has 0 saturated heterocycles. The Morgan fingerprint density at radius 1 is 1.10 bits per heavy atom. The minimum Gasteiger partial charge on any atom is -0.392 e. The maximum atomic E-state index is 12.2. The molecular weight excluding hydrogens is 268 g/mol. The zero-order valence-corrected chi connectivity index (χ0v) is 12.7. The molecule has 0 saturated carbocycles. The van der Waals surface area contributed by atoms with E-state index in [0.717, 1.165) is 0 Å². The van der Waals surface area contributed by atoms with E-state index in [2.05, 4.69) is 4.90 Å². The normalized spacial score (nSPS) is 16.0. The molecule has 1 atom stereocenters. The fourth-order valence-corrected chi connectivity index (χ4v) is 2.57. The molecule has 1 aliphatic heterocycles. The summed E-state index contributed by atoms with van der Waals surface area (Å²) in [7, 11) is 0. The van der Waals surface area contributed by atoms with Crippen molar-refractivity contribution in [3.8, 4) is 0 Å². The van der Waals surface area contributed by atoms with Crippen molar-refractivity contribution < 1.29 is 14.7 Å². The second kappa shape index (κ2) is 6.37. The summed E-state index contributed by atoms with van der Waals surface area (Å²) in [4.78, 5) is 27.9. The lowest BCUT2D eigenvalue weighted by Crippen LogP contribution is -2.43. The molecule has 1 heterocycles. The number of carbonyl (C=O) groups is 2. The molecule has 5 heteroatoms. The predicted molar refractivity (Wildman–Crippen MR) is 80.2 cm³/mol. The van der Waals surface area contributed by atoms with E-state index < -0.39 is 6.10 Å². The van der Waals surface area contributed by atoms with Gasteiger partial charge in [0, 0.05) is 25.7 Å². The van der Waals surface area contributed by atoms with Crippen molar-refractivity contribution in [2.75, 3.05) is 19.6 Å². The number of carbonyl (C=O) groups excluding carboxylic acids is 2. The van der Waals surface area contributed by atoms with Gasteiger partial charge in [-0.15, -0.1) is 0 Å². The lowest BCUT2D eigenvalue weighted by molar-refractivity contribution is 0.0600. The van der Waals surface area contributed by atoms with Gasteiger partial charge in [-0.2, -0.15) is 0 Å². The number of fused-ring (bicyclic) bond motifs is 1. The van der Waals surface area contributed by atoms with Gasteiger partial charge >= 0.3 is 0 Å². The van der Waals surface area contributed by atoms with Gasteiger partial charge in [0.25, 0.3) is 11.8 Å². The van der Waals surface area contributed by atoms with Crippen molar-refractivity contribution in [2.45, 2.75) is 32.9 Å². The zero-order chi connectivity index (χ0) is 15.6. The summed E-state index contributed by atoms with van der Waals surface area (Å²) >= 11 is 0. The highest BCUT2D eigenvalue weighted by Crippen LogP contribution is 2.22. The fraction of sp³-hybridized carbons (Fsp3) is 0.500. The molecule has 2 amide bonds. The second-order valence-electron chi connectivity index (χ2n) is 5.75. The Morgan fingerprint density at radius 3 is 2.05 bits per heavy atom. The molecule has 0 aromatic heterocycles. The standard InChI is InChI=1S/C16H22N2O3/c1-11(2)17(10-12(3)19)8-9-18-15(20)13-6-4-5-7-14(13)16(18)21/h4-7,11-12,19H,8-10H2,1-3H3. The van der Waals surface area contributed by atoms with Crippen LogP contribution in [0, 0.1) is 0 Å². The number of nitrogens with zero attached hydrogens (tertiary/aromatic N) is 2. The Morgan fingerprint density at radius 2 is 1.62 bits per heavy atom. The van der Waals surface area contributed by atoms with Gasteiger partial charge < -0.3 is 5.11 Å². The maximum Gasteiger partial charge on any atom is 0.261 e. The van der Waals surface area contributed by atoms with E-state index in [1.54, 1.807) is 31.2 Å². The quantitative estimate of drug-likeness (QED) is 0.804. The Kier molecular flexibility index (Phi) is 4.75. The molecule has 2 rings (SSSR count). The topological polar surface area (TPSA) is 60.9 Å². The first kappa shape index (κ1) is 15.7. The molecule has 1 aromatic carbocycles. The first-order chi connectivity index (χ1) is 9.91. The van der Waals surface area contributed by atoms with E-state index in [1.165, 1.54) is 4.90 Å². The van der Waals surface area contributed by atoms with Crippen LogP contribution in [0.3, 0.4) is 0 Å². The first-order valence-electron chi connectivity index (χ1n) is 7.29. The van der Waals surface area contributed by atoms with Crippen LogP contribution in [-0.4, -0.2) is 58.5 Å². The summed E-state index contributed by atoms with van der Waals surface area (Å²) in [5.74, 6) is -0.451. The van der Waals surface area contributed by atoms with E-state index in [9.17, 15) is 14.7 Å². The van der Waals surface area contributed by atoms with Crippen LogP contribution >= 0.6 is 0 Å². The third-order valence-electron chi connectivity index (χ3n) is 3.72. The molecular formula is C16H22N2O3. The van der Waals surface area contributed by atoms with E-state index >= 15 is 0 Å². The highest BCUT2D eigenvalue weighted by atomic mass is 16.3. The largest absolute Gasteiger partial charge is 0.392 e. The van der Waals surface area contributed by atoms with Crippen LogP contribution in [0.2, 0.25) is 0 Å². The summed E-state index contributed by atoms with van der Waals surface area (Å²) in [6.07, 6.45) is -0.436. The molecule has 21 heavy (non-hydrogen) atoms. The van der Waals surface area contributed by atoms with Crippen molar-refractivity contribution >= 4 is 11.8 Å².